The molecule has 0 radical (unpaired) electrons. The third-order valence-electron chi connectivity index (χ3n) is 6.27. The zero-order valence-electron chi connectivity index (χ0n) is 21.1. The Labute approximate surface area is 218 Å². The highest BCUT2D eigenvalue weighted by molar-refractivity contribution is 5.72. The van der Waals surface area contributed by atoms with E-state index in [1.807, 2.05) is 32.0 Å². The van der Waals surface area contributed by atoms with E-state index in [-0.39, 0.29) is 29.3 Å². The normalized spacial score (nSPS) is 13.4. The second-order valence-corrected chi connectivity index (χ2v) is 8.69. The predicted molar refractivity (Wildman–Crippen MR) is 138 cm³/mol. The highest BCUT2D eigenvalue weighted by atomic mass is 19.4. The molecule has 4 aromatic rings. The predicted octanol–water partition coefficient (Wildman–Crippen LogP) is 6.95. The minimum atomic E-state index is -4.55. The molecule has 9 heteroatoms. The van der Waals surface area contributed by atoms with Crippen molar-refractivity contribution in [3.63, 3.8) is 0 Å². The molecule has 1 aliphatic rings. The second-order valence-electron chi connectivity index (χ2n) is 8.69. The maximum atomic E-state index is 13.9. The largest absolute Gasteiger partial charge is 0.481 e. The first-order valence-corrected chi connectivity index (χ1v) is 12.4. The van der Waals surface area contributed by atoms with E-state index in [4.69, 9.17) is 9.52 Å². The number of halogens is 3. The lowest BCUT2D eigenvalue weighted by atomic mass is 9.97. The average molecular weight is 524 g/mol. The van der Waals surface area contributed by atoms with Gasteiger partial charge >= 0.3 is 12.1 Å². The van der Waals surface area contributed by atoms with E-state index < -0.39 is 17.7 Å². The third-order valence-corrected chi connectivity index (χ3v) is 6.27. The van der Waals surface area contributed by atoms with Crippen LogP contribution in [0.2, 0.25) is 0 Å². The van der Waals surface area contributed by atoms with Crippen LogP contribution in [-0.2, 0) is 23.9 Å². The molecule has 0 unspecified atom stereocenters. The number of rotatable bonds is 6. The van der Waals surface area contributed by atoms with Crippen LogP contribution < -0.4 is 0 Å². The van der Waals surface area contributed by atoms with Crippen molar-refractivity contribution in [2.24, 2.45) is 0 Å². The van der Waals surface area contributed by atoms with Crippen molar-refractivity contribution in [1.29, 1.82) is 0 Å². The number of aromatic nitrogens is 2. The van der Waals surface area contributed by atoms with Crippen molar-refractivity contribution in [3.05, 3.63) is 83.4 Å². The molecule has 0 saturated heterocycles. The van der Waals surface area contributed by atoms with Gasteiger partial charge in [0, 0.05) is 30.8 Å². The Morgan fingerprint density at radius 1 is 0.921 bits per heavy atom. The number of carbonyl (C=O) groups is 1. The molecule has 1 aliphatic heterocycles. The second kappa shape index (κ2) is 11.6. The molecule has 1 aromatic heterocycles. The summed E-state index contributed by atoms with van der Waals surface area (Å²) in [6, 6.07) is 18.1. The number of nitrogens with zero attached hydrogens (tertiary/aromatic N) is 3. The van der Waals surface area contributed by atoms with Gasteiger partial charge in [0.2, 0.25) is 11.8 Å². The zero-order valence-corrected chi connectivity index (χ0v) is 21.1. The number of alkyl halides is 3. The summed E-state index contributed by atoms with van der Waals surface area (Å²) in [6.45, 7) is 5.89. The van der Waals surface area contributed by atoms with Gasteiger partial charge < -0.3 is 9.52 Å². The van der Waals surface area contributed by atoms with Crippen LogP contribution in [0.5, 0.6) is 0 Å². The lowest BCUT2D eigenvalue weighted by Gasteiger charge is -2.28. The van der Waals surface area contributed by atoms with Gasteiger partial charge in [0.25, 0.3) is 0 Å². The average Bonchev–Trinajstić information content (AvgIpc) is 3.43. The molecule has 6 nitrogen and oxygen atoms in total. The molecule has 0 atom stereocenters. The van der Waals surface area contributed by atoms with Crippen LogP contribution in [0.1, 0.15) is 37.0 Å². The Morgan fingerprint density at radius 2 is 1.58 bits per heavy atom. The van der Waals surface area contributed by atoms with Gasteiger partial charge in [0.1, 0.15) is 0 Å². The minimum Gasteiger partial charge on any atom is -0.481 e. The molecule has 0 aliphatic carbocycles. The molecule has 3 aromatic carbocycles. The molecule has 1 N–H and O–H groups in total. The number of hydrogen-bond donors (Lipinski definition) is 1. The summed E-state index contributed by atoms with van der Waals surface area (Å²) in [5, 5.41) is 17.0. The Hall–Kier alpha value is -3.98. The molecule has 0 bridgehead atoms. The number of fused-ring (bicyclic) bond motifs is 1. The molecule has 198 valence electrons. The summed E-state index contributed by atoms with van der Waals surface area (Å²) >= 11 is 0. The van der Waals surface area contributed by atoms with Gasteiger partial charge in [-0.1, -0.05) is 56.3 Å². The van der Waals surface area contributed by atoms with Gasteiger partial charge in [0.05, 0.1) is 12.0 Å². The highest BCUT2D eigenvalue weighted by Crippen LogP contribution is 2.39. The molecule has 5 rings (SSSR count). The van der Waals surface area contributed by atoms with Gasteiger partial charge in [-0.25, -0.2) is 0 Å². The van der Waals surface area contributed by atoms with E-state index in [0.29, 0.717) is 24.2 Å². The van der Waals surface area contributed by atoms with Crippen molar-refractivity contribution in [2.45, 2.75) is 39.4 Å². The smallest absolute Gasteiger partial charge is 0.417 e. The van der Waals surface area contributed by atoms with Crippen LogP contribution >= 0.6 is 0 Å². The molecule has 0 fully saturated rings. The summed E-state index contributed by atoms with van der Waals surface area (Å²) in [6.07, 6.45) is -3.71. The van der Waals surface area contributed by atoms with E-state index >= 15 is 0 Å². The molecule has 0 amide bonds. The summed E-state index contributed by atoms with van der Waals surface area (Å²) in [5.41, 5.74) is 2.85. The summed E-state index contributed by atoms with van der Waals surface area (Å²) < 4.78 is 47.4. The van der Waals surface area contributed by atoms with Crippen LogP contribution in [0.4, 0.5) is 13.2 Å². The van der Waals surface area contributed by atoms with Crippen molar-refractivity contribution >= 4 is 5.97 Å². The standard InChI is InChI=1S/C27H22F3N3O3.C2H6/c28-27(29,30)23-15-20(8-9-22(23)17-4-2-1-3-5-17)26-32-31-25(36-26)19-6-7-21-16-33(13-11-24(34)35)12-10-18(21)14-19;1-2/h1-9,14-15H,10-13,16H2,(H,34,35);1-2H3. The van der Waals surface area contributed by atoms with E-state index in [0.717, 1.165) is 30.2 Å². The first-order valence-electron chi connectivity index (χ1n) is 12.4. The van der Waals surface area contributed by atoms with Crippen LogP contribution in [0, 0.1) is 0 Å². The number of carboxylic acid groups (broad SMARTS) is 1. The van der Waals surface area contributed by atoms with Gasteiger partial charge in [-0.05, 0) is 52.9 Å². The SMILES string of the molecule is CC.O=C(O)CCN1CCc2cc(-c3nnc(-c4ccc(-c5ccccc5)c(C(F)(F)F)c4)o3)ccc2C1. The number of hydrogen-bond acceptors (Lipinski definition) is 5. The van der Waals surface area contributed by atoms with Crippen molar-refractivity contribution in [3.8, 4) is 34.0 Å². The fourth-order valence-electron chi connectivity index (χ4n) is 4.43. The fraction of sp³-hybridized carbons (Fsp3) is 0.276. The Balaban J connectivity index is 0.00000164. The third kappa shape index (κ3) is 6.11. The van der Waals surface area contributed by atoms with Crippen LogP contribution in [0.3, 0.4) is 0 Å². The Kier molecular flexibility index (Phi) is 8.26. The maximum absolute atomic E-state index is 13.9. The van der Waals surface area contributed by atoms with Gasteiger partial charge in [-0.15, -0.1) is 10.2 Å². The van der Waals surface area contributed by atoms with Crippen LogP contribution in [-0.4, -0.2) is 39.3 Å². The summed E-state index contributed by atoms with van der Waals surface area (Å²) in [5.74, 6) is -0.588. The fourth-order valence-corrected chi connectivity index (χ4v) is 4.43. The minimum absolute atomic E-state index is 0.00711. The van der Waals surface area contributed by atoms with Gasteiger partial charge in [0.15, 0.2) is 0 Å². The molecule has 0 saturated carbocycles. The van der Waals surface area contributed by atoms with Crippen molar-refractivity contribution < 1.29 is 27.5 Å². The first kappa shape index (κ1) is 27.1. The molecule has 0 spiro atoms. The topological polar surface area (TPSA) is 79.5 Å². The lowest BCUT2D eigenvalue weighted by Crippen LogP contribution is -2.32. The summed E-state index contributed by atoms with van der Waals surface area (Å²) in [4.78, 5) is 12.9. The van der Waals surface area contributed by atoms with E-state index in [1.165, 1.54) is 6.07 Å². The van der Waals surface area contributed by atoms with E-state index in [9.17, 15) is 18.0 Å². The first-order chi connectivity index (χ1) is 18.3. The number of aliphatic carboxylic acids is 1. The van der Waals surface area contributed by atoms with Gasteiger partial charge in [-0.3, -0.25) is 9.69 Å². The van der Waals surface area contributed by atoms with Gasteiger partial charge in [-0.2, -0.15) is 13.2 Å². The van der Waals surface area contributed by atoms with Crippen molar-refractivity contribution in [1.82, 2.24) is 15.1 Å². The number of carboxylic acids is 1. The summed E-state index contributed by atoms with van der Waals surface area (Å²) in [7, 11) is 0. The monoisotopic (exact) mass is 523 g/mol. The highest BCUT2D eigenvalue weighted by Gasteiger charge is 2.34. The number of benzene rings is 3. The Morgan fingerprint density at radius 3 is 2.24 bits per heavy atom. The molecular weight excluding hydrogens is 495 g/mol. The lowest BCUT2D eigenvalue weighted by molar-refractivity contribution is -0.138. The van der Waals surface area contributed by atoms with E-state index in [2.05, 4.69) is 15.1 Å². The maximum Gasteiger partial charge on any atom is 0.417 e. The van der Waals surface area contributed by atoms with Crippen LogP contribution in [0.15, 0.2) is 71.1 Å². The molecule has 38 heavy (non-hydrogen) atoms. The Bertz CT molecular complexity index is 1400. The zero-order chi connectivity index (χ0) is 27.3. The van der Waals surface area contributed by atoms with Crippen LogP contribution in [0.25, 0.3) is 34.0 Å². The van der Waals surface area contributed by atoms with Crippen molar-refractivity contribution in [2.75, 3.05) is 13.1 Å². The molecule has 2 heterocycles. The molecular formula is C29H28F3N3O3. The van der Waals surface area contributed by atoms with E-state index in [1.54, 1.807) is 36.4 Å². The quantitative estimate of drug-likeness (QED) is 0.295.